The standard InChI is InChI=1S/C16H22N2O2/c1-13(18-19)14-6-8-15(9-7-14)20-11-5-4-10-16(2,3)12-17/h6-9,19H,4-5,10-11H2,1-3H3/b18-13-. The van der Waals surface area contributed by atoms with E-state index in [1.165, 1.54) is 0 Å². The van der Waals surface area contributed by atoms with Gasteiger partial charge in [-0.15, -0.1) is 0 Å². The SMILES string of the molecule is C/C(=N/O)c1ccc(OCCCCC(C)(C)C#N)cc1. The van der Waals surface area contributed by atoms with Crippen LogP contribution < -0.4 is 4.74 Å². The summed E-state index contributed by atoms with van der Waals surface area (Å²) in [5, 5.41) is 20.7. The molecule has 0 spiro atoms. The topological polar surface area (TPSA) is 65.6 Å². The Bertz CT molecular complexity index is 484. The van der Waals surface area contributed by atoms with Crippen LogP contribution in [-0.2, 0) is 0 Å². The van der Waals surface area contributed by atoms with Crippen LogP contribution in [0.15, 0.2) is 29.4 Å². The van der Waals surface area contributed by atoms with E-state index in [9.17, 15) is 0 Å². The van der Waals surface area contributed by atoms with Crippen LogP contribution in [0.3, 0.4) is 0 Å². The van der Waals surface area contributed by atoms with E-state index in [2.05, 4.69) is 11.2 Å². The van der Waals surface area contributed by atoms with E-state index in [-0.39, 0.29) is 5.41 Å². The van der Waals surface area contributed by atoms with E-state index in [0.717, 1.165) is 30.6 Å². The van der Waals surface area contributed by atoms with Crippen LogP contribution >= 0.6 is 0 Å². The number of oxime groups is 1. The lowest BCUT2D eigenvalue weighted by molar-refractivity contribution is 0.295. The van der Waals surface area contributed by atoms with E-state index >= 15 is 0 Å². The van der Waals surface area contributed by atoms with Crippen molar-refractivity contribution in [2.75, 3.05) is 6.61 Å². The third kappa shape index (κ3) is 5.31. The zero-order valence-electron chi connectivity index (χ0n) is 12.4. The number of nitriles is 1. The molecule has 0 unspecified atom stereocenters. The summed E-state index contributed by atoms with van der Waals surface area (Å²) in [5.74, 6) is 0.805. The smallest absolute Gasteiger partial charge is 0.119 e. The molecule has 1 aromatic rings. The molecule has 0 aliphatic rings. The molecule has 0 amide bonds. The Kier molecular flexibility index (Phi) is 6.05. The van der Waals surface area contributed by atoms with Gasteiger partial charge in [-0.1, -0.05) is 5.16 Å². The van der Waals surface area contributed by atoms with Crippen LogP contribution in [-0.4, -0.2) is 17.5 Å². The lowest BCUT2D eigenvalue weighted by Crippen LogP contribution is -2.08. The molecule has 20 heavy (non-hydrogen) atoms. The lowest BCUT2D eigenvalue weighted by Gasteiger charge is -2.14. The highest BCUT2D eigenvalue weighted by molar-refractivity contribution is 5.98. The van der Waals surface area contributed by atoms with Gasteiger partial charge < -0.3 is 9.94 Å². The molecule has 0 heterocycles. The molecule has 108 valence electrons. The lowest BCUT2D eigenvalue weighted by atomic mass is 9.89. The highest BCUT2D eigenvalue weighted by atomic mass is 16.5. The molecule has 0 fully saturated rings. The van der Waals surface area contributed by atoms with Crippen molar-refractivity contribution in [1.82, 2.24) is 0 Å². The number of ether oxygens (including phenoxy) is 1. The summed E-state index contributed by atoms with van der Waals surface area (Å²) in [6.45, 7) is 6.30. The zero-order valence-corrected chi connectivity index (χ0v) is 12.4. The van der Waals surface area contributed by atoms with Gasteiger partial charge in [0.2, 0.25) is 0 Å². The van der Waals surface area contributed by atoms with Crippen molar-refractivity contribution < 1.29 is 9.94 Å². The van der Waals surface area contributed by atoms with Crippen LogP contribution in [0, 0.1) is 16.7 Å². The Balaban J connectivity index is 2.31. The van der Waals surface area contributed by atoms with Gasteiger partial charge in [-0.3, -0.25) is 0 Å². The fraction of sp³-hybridized carbons (Fsp3) is 0.500. The van der Waals surface area contributed by atoms with E-state index < -0.39 is 0 Å². The van der Waals surface area contributed by atoms with Gasteiger partial charge in [0.05, 0.1) is 23.8 Å². The van der Waals surface area contributed by atoms with E-state index in [4.69, 9.17) is 15.2 Å². The maximum Gasteiger partial charge on any atom is 0.119 e. The van der Waals surface area contributed by atoms with E-state index in [1.807, 2.05) is 38.1 Å². The molecule has 0 aliphatic heterocycles. The summed E-state index contributed by atoms with van der Waals surface area (Å²) in [4.78, 5) is 0. The second-order valence-electron chi connectivity index (χ2n) is 5.51. The van der Waals surface area contributed by atoms with Crippen LogP contribution in [0.4, 0.5) is 0 Å². The summed E-state index contributed by atoms with van der Waals surface area (Å²) in [5.41, 5.74) is 1.20. The fourth-order valence-corrected chi connectivity index (χ4v) is 1.77. The number of unbranched alkanes of at least 4 members (excludes halogenated alkanes) is 1. The van der Waals surface area contributed by atoms with Crippen molar-refractivity contribution in [2.45, 2.75) is 40.0 Å². The van der Waals surface area contributed by atoms with Crippen molar-refractivity contribution in [3.63, 3.8) is 0 Å². The van der Waals surface area contributed by atoms with Crippen molar-refractivity contribution in [3.05, 3.63) is 29.8 Å². The highest BCUT2D eigenvalue weighted by Crippen LogP contribution is 2.21. The molecule has 1 aromatic carbocycles. The Morgan fingerprint density at radius 1 is 1.30 bits per heavy atom. The Morgan fingerprint density at radius 3 is 2.50 bits per heavy atom. The third-order valence-electron chi connectivity index (χ3n) is 3.19. The predicted octanol–water partition coefficient (Wildman–Crippen LogP) is 3.98. The predicted molar refractivity (Wildman–Crippen MR) is 79.2 cm³/mol. The Hall–Kier alpha value is -2.02. The molecular weight excluding hydrogens is 252 g/mol. The first-order valence-electron chi connectivity index (χ1n) is 6.81. The molecule has 0 saturated heterocycles. The summed E-state index contributed by atoms with van der Waals surface area (Å²) >= 11 is 0. The molecule has 1 N–H and O–H groups in total. The largest absolute Gasteiger partial charge is 0.494 e. The molecule has 0 saturated carbocycles. The van der Waals surface area contributed by atoms with E-state index in [1.54, 1.807) is 6.92 Å². The van der Waals surface area contributed by atoms with Crippen molar-refractivity contribution >= 4 is 5.71 Å². The van der Waals surface area contributed by atoms with Crippen LogP contribution in [0.5, 0.6) is 5.75 Å². The Morgan fingerprint density at radius 2 is 1.95 bits per heavy atom. The van der Waals surface area contributed by atoms with E-state index in [0.29, 0.717) is 12.3 Å². The Labute approximate surface area is 120 Å². The normalized spacial score (nSPS) is 12.0. The zero-order chi connectivity index (χ0) is 15.0. The van der Waals surface area contributed by atoms with Gasteiger partial charge in [-0.05, 0) is 69.9 Å². The minimum absolute atomic E-state index is 0.247. The number of hydrogen-bond acceptors (Lipinski definition) is 4. The second-order valence-corrected chi connectivity index (χ2v) is 5.51. The number of nitrogens with zero attached hydrogens (tertiary/aromatic N) is 2. The molecule has 0 aliphatic carbocycles. The minimum Gasteiger partial charge on any atom is -0.494 e. The van der Waals surface area contributed by atoms with Crippen LogP contribution in [0.2, 0.25) is 0 Å². The molecule has 0 aromatic heterocycles. The van der Waals surface area contributed by atoms with Crippen molar-refractivity contribution in [1.29, 1.82) is 5.26 Å². The van der Waals surface area contributed by atoms with Crippen molar-refractivity contribution in [2.24, 2.45) is 10.6 Å². The highest BCUT2D eigenvalue weighted by Gasteiger charge is 2.15. The summed E-state index contributed by atoms with van der Waals surface area (Å²) in [6.07, 6.45) is 2.80. The molecule has 1 rings (SSSR count). The van der Waals surface area contributed by atoms with Gasteiger partial charge in [0.25, 0.3) is 0 Å². The maximum atomic E-state index is 8.91. The van der Waals surface area contributed by atoms with Crippen LogP contribution in [0.25, 0.3) is 0 Å². The number of hydrogen-bond donors (Lipinski definition) is 1. The maximum absolute atomic E-state index is 8.91. The van der Waals surface area contributed by atoms with Crippen molar-refractivity contribution in [3.8, 4) is 11.8 Å². The monoisotopic (exact) mass is 274 g/mol. The van der Waals surface area contributed by atoms with Gasteiger partial charge in [-0.2, -0.15) is 5.26 Å². The molecule has 0 atom stereocenters. The quantitative estimate of drug-likeness (QED) is 0.354. The summed E-state index contributed by atoms with van der Waals surface area (Å²) < 4.78 is 5.64. The molecule has 4 nitrogen and oxygen atoms in total. The van der Waals surface area contributed by atoms with Gasteiger partial charge >= 0.3 is 0 Å². The summed E-state index contributed by atoms with van der Waals surface area (Å²) in [7, 11) is 0. The average molecular weight is 274 g/mol. The first kappa shape index (κ1) is 16.0. The third-order valence-corrected chi connectivity index (χ3v) is 3.19. The van der Waals surface area contributed by atoms with Gasteiger partial charge in [-0.25, -0.2) is 0 Å². The molecular formula is C16H22N2O2. The van der Waals surface area contributed by atoms with Crippen LogP contribution in [0.1, 0.15) is 45.6 Å². The average Bonchev–Trinajstić information content (AvgIpc) is 2.46. The second kappa shape index (κ2) is 7.54. The molecule has 4 heteroatoms. The first-order chi connectivity index (χ1) is 9.48. The van der Waals surface area contributed by atoms with Gasteiger partial charge in [0, 0.05) is 0 Å². The number of benzene rings is 1. The number of rotatable bonds is 7. The summed E-state index contributed by atoms with van der Waals surface area (Å²) in [6, 6.07) is 9.76. The molecule has 0 bridgehead atoms. The van der Waals surface area contributed by atoms with Gasteiger partial charge in [0.1, 0.15) is 5.75 Å². The first-order valence-corrected chi connectivity index (χ1v) is 6.81. The minimum atomic E-state index is -0.247. The molecule has 0 radical (unpaired) electrons. The fourth-order valence-electron chi connectivity index (χ4n) is 1.77. The van der Waals surface area contributed by atoms with Gasteiger partial charge in [0.15, 0.2) is 0 Å².